The molecule has 0 radical (unpaired) electrons. The van der Waals surface area contributed by atoms with Crippen LogP contribution in [0.5, 0.6) is 0 Å². The standard InChI is InChI=1S/C18H25N/c1-4-15-9-10-18(11-15,13-19)12-16-5-7-17(8-6-16)14(2)3/h5-8,14-15H,4,9-12H2,1-3H3. The Labute approximate surface area is 117 Å². The van der Waals surface area contributed by atoms with Gasteiger partial charge in [-0.1, -0.05) is 51.5 Å². The lowest BCUT2D eigenvalue weighted by Crippen LogP contribution is -2.18. The Morgan fingerprint density at radius 1 is 1.32 bits per heavy atom. The van der Waals surface area contributed by atoms with Crippen molar-refractivity contribution in [3.8, 4) is 6.07 Å². The van der Waals surface area contributed by atoms with Crippen molar-refractivity contribution in [3.05, 3.63) is 35.4 Å². The first-order valence-electron chi connectivity index (χ1n) is 7.58. The molecule has 0 N–H and O–H groups in total. The number of hydrogen-bond acceptors (Lipinski definition) is 1. The number of rotatable bonds is 4. The van der Waals surface area contributed by atoms with Gasteiger partial charge in [0.05, 0.1) is 11.5 Å². The zero-order valence-corrected chi connectivity index (χ0v) is 12.4. The molecule has 1 aliphatic rings. The van der Waals surface area contributed by atoms with Gasteiger partial charge in [-0.25, -0.2) is 0 Å². The second-order valence-corrected chi connectivity index (χ2v) is 6.48. The predicted molar refractivity (Wildman–Crippen MR) is 79.9 cm³/mol. The topological polar surface area (TPSA) is 23.8 Å². The van der Waals surface area contributed by atoms with Crippen molar-refractivity contribution in [2.24, 2.45) is 11.3 Å². The Balaban J connectivity index is 2.09. The second-order valence-electron chi connectivity index (χ2n) is 6.48. The zero-order chi connectivity index (χ0) is 13.9. The van der Waals surface area contributed by atoms with Gasteiger partial charge in [-0.2, -0.15) is 5.26 Å². The molecular weight excluding hydrogens is 230 g/mol. The van der Waals surface area contributed by atoms with Crippen LogP contribution in [0.25, 0.3) is 0 Å². The third-order valence-corrected chi connectivity index (χ3v) is 4.71. The number of nitriles is 1. The minimum Gasteiger partial charge on any atom is -0.198 e. The van der Waals surface area contributed by atoms with Crippen LogP contribution < -0.4 is 0 Å². The Kier molecular flexibility index (Phi) is 4.30. The Morgan fingerprint density at radius 2 is 2.00 bits per heavy atom. The lowest BCUT2D eigenvalue weighted by molar-refractivity contribution is 0.381. The summed E-state index contributed by atoms with van der Waals surface area (Å²) in [4.78, 5) is 0. The van der Waals surface area contributed by atoms with E-state index in [9.17, 15) is 5.26 Å². The lowest BCUT2D eigenvalue weighted by Gasteiger charge is -2.21. The molecule has 102 valence electrons. The van der Waals surface area contributed by atoms with E-state index in [-0.39, 0.29) is 5.41 Å². The monoisotopic (exact) mass is 255 g/mol. The predicted octanol–water partition coefficient (Wildman–Crippen LogP) is 5.07. The maximum absolute atomic E-state index is 9.58. The maximum atomic E-state index is 9.58. The summed E-state index contributed by atoms with van der Waals surface area (Å²) in [5, 5.41) is 9.58. The molecule has 1 aromatic rings. The van der Waals surface area contributed by atoms with Crippen molar-refractivity contribution >= 4 is 0 Å². The molecule has 0 spiro atoms. The molecule has 0 bridgehead atoms. The fourth-order valence-electron chi connectivity index (χ4n) is 3.30. The number of nitrogens with zero attached hydrogens (tertiary/aromatic N) is 1. The lowest BCUT2D eigenvalue weighted by atomic mass is 9.80. The van der Waals surface area contributed by atoms with Crippen LogP contribution in [0.1, 0.15) is 63.5 Å². The fraction of sp³-hybridized carbons (Fsp3) is 0.611. The molecule has 0 saturated heterocycles. The van der Waals surface area contributed by atoms with Crippen LogP contribution >= 0.6 is 0 Å². The van der Waals surface area contributed by atoms with Gasteiger partial charge in [0.25, 0.3) is 0 Å². The highest BCUT2D eigenvalue weighted by atomic mass is 14.4. The van der Waals surface area contributed by atoms with Crippen LogP contribution in [-0.4, -0.2) is 0 Å². The molecule has 19 heavy (non-hydrogen) atoms. The minimum atomic E-state index is -0.0972. The zero-order valence-electron chi connectivity index (χ0n) is 12.4. The molecule has 0 amide bonds. The molecule has 2 unspecified atom stereocenters. The first-order chi connectivity index (χ1) is 9.08. The Bertz CT molecular complexity index is 452. The molecule has 1 nitrogen and oxygen atoms in total. The summed E-state index contributed by atoms with van der Waals surface area (Å²) in [6.45, 7) is 6.68. The third kappa shape index (κ3) is 3.18. The maximum Gasteiger partial charge on any atom is 0.0693 e. The van der Waals surface area contributed by atoms with E-state index in [1.54, 1.807) is 0 Å². The SMILES string of the molecule is CCC1CCC(C#N)(Cc2ccc(C(C)C)cc2)C1. The average Bonchev–Trinajstić information content (AvgIpc) is 2.83. The van der Waals surface area contributed by atoms with Gasteiger partial charge in [-0.3, -0.25) is 0 Å². The average molecular weight is 255 g/mol. The van der Waals surface area contributed by atoms with Gasteiger partial charge in [-0.05, 0) is 48.6 Å². The molecule has 2 atom stereocenters. The van der Waals surface area contributed by atoms with Gasteiger partial charge in [0.2, 0.25) is 0 Å². The van der Waals surface area contributed by atoms with Crippen LogP contribution in [-0.2, 0) is 6.42 Å². The van der Waals surface area contributed by atoms with Gasteiger partial charge >= 0.3 is 0 Å². The summed E-state index contributed by atoms with van der Waals surface area (Å²) in [7, 11) is 0. The smallest absolute Gasteiger partial charge is 0.0693 e. The second kappa shape index (κ2) is 5.78. The van der Waals surface area contributed by atoms with Crippen molar-refractivity contribution in [2.75, 3.05) is 0 Å². The van der Waals surface area contributed by atoms with Crippen molar-refractivity contribution in [1.82, 2.24) is 0 Å². The molecule has 0 aromatic heterocycles. The number of benzene rings is 1. The summed E-state index contributed by atoms with van der Waals surface area (Å²) in [6.07, 6.45) is 5.54. The van der Waals surface area contributed by atoms with E-state index in [1.807, 2.05) is 0 Å². The first kappa shape index (κ1) is 14.1. The highest BCUT2D eigenvalue weighted by molar-refractivity contribution is 5.27. The highest BCUT2D eigenvalue weighted by Gasteiger charge is 2.38. The molecule has 2 rings (SSSR count). The van der Waals surface area contributed by atoms with Gasteiger partial charge < -0.3 is 0 Å². The summed E-state index contributed by atoms with van der Waals surface area (Å²) >= 11 is 0. The van der Waals surface area contributed by atoms with Gasteiger partial charge in [0.1, 0.15) is 0 Å². The van der Waals surface area contributed by atoms with Crippen molar-refractivity contribution in [2.45, 2.75) is 58.8 Å². The molecule has 1 aliphatic carbocycles. The minimum absolute atomic E-state index is 0.0972. The summed E-state index contributed by atoms with van der Waals surface area (Å²) < 4.78 is 0. The van der Waals surface area contributed by atoms with Gasteiger partial charge in [0, 0.05) is 0 Å². The number of hydrogen-bond donors (Lipinski definition) is 0. The fourth-order valence-corrected chi connectivity index (χ4v) is 3.30. The van der Waals surface area contributed by atoms with E-state index >= 15 is 0 Å². The molecule has 0 aliphatic heterocycles. The quantitative estimate of drug-likeness (QED) is 0.736. The van der Waals surface area contributed by atoms with E-state index < -0.39 is 0 Å². The summed E-state index contributed by atoms with van der Waals surface area (Å²) in [5.41, 5.74) is 2.61. The van der Waals surface area contributed by atoms with E-state index in [4.69, 9.17) is 0 Å². The van der Waals surface area contributed by atoms with E-state index in [1.165, 1.54) is 24.0 Å². The molecule has 0 heterocycles. The van der Waals surface area contributed by atoms with E-state index in [0.29, 0.717) is 5.92 Å². The van der Waals surface area contributed by atoms with Crippen LogP contribution in [0.15, 0.2) is 24.3 Å². The summed E-state index contributed by atoms with van der Waals surface area (Å²) in [5.74, 6) is 1.34. The first-order valence-corrected chi connectivity index (χ1v) is 7.58. The van der Waals surface area contributed by atoms with Crippen LogP contribution in [0.2, 0.25) is 0 Å². The third-order valence-electron chi connectivity index (χ3n) is 4.71. The summed E-state index contributed by atoms with van der Waals surface area (Å²) in [6, 6.07) is 11.5. The van der Waals surface area contributed by atoms with Gasteiger partial charge in [0.15, 0.2) is 0 Å². The van der Waals surface area contributed by atoms with E-state index in [0.717, 1.165) is 25.2 Å². The Morgan fingerprint density at radius 3 is 2.47 bits per heavy atom. The molecular formula is C18H25N. The van der Waals surface area contributed by atoms with Gasteiger partial charge in [-0.15, -0.1) is 0 Å². The molecule has 1 heteroatoms. The largest absolute Gasteiger partial charge is 0.198 e. The van der Waals surface area contributed by atoms with Crippen molar-refractivity contribution in [3.63, 3.8) is 0 Å². The molecule has 1 saturated carbocycles. The van der Waals surface area contributed by atoms with Crippen molar-refractivity contribution < 1.29 is 0 Å². The van der Waals surface area contributed by atoms with Crippen LogP contribution in [0.4, 0.5) is 0 Å². The molecule has 1 aromatic carbocycles. The van der Waals surface area contributed by atoms with Crippen LogP contribution in [0.3, 0.4) is 0 Å². The van der Waals surface area contributed by atoms with E-state index in [2.05, 4.69) is 51.1 Å². The van der Waals surface area contributed by atoms with Crippen molar-refractivity contribution in [1.29, 1.82) is 5.26 Å². The normalized spacial score (nSPS) is 26.6. The highest BCUT2D eigenvalue weighted by Crippen LogP contribution is 2.44. The van der Waals surface area contributed by atoms with Crippen LogP contribution in [0, 0.1) is 22.7 Å². The molecule has 1 fully saturated rings. The Hall–Kier alpha value is -1.29.